The molecule has 0 aromatic carbocycles. The molecule has 1 aromatic rings. The summed E-state index contributed by atoms with van der Waals surface area (Å²) in [5, 5.41) is 10.4. The topological polar surface area (TPSA) is 109 Å². The third-order valence-electron chi connectivity index (χ3n) is 7.07. The summed E-state index contributed by atoms with van der Waals surface area (Å²) in [6.45, 7) is 9.08. The number of amides is 3. The van der Waals surface area contributed by atoms with Crippen LogP contribution in [0.4, 0.5) is 0 Å². The lowest BCUT2D eigenvalue weighted by Crippen LogP contribution is -2.64. The van der Waals surface area contributed by atoms with Gasteiger partial charge in [-0.25, -0.2) is 0 Å². The van der Waals surface area contributed by atoms with Crippen molar-refractivity contribution in [2.45, 2.75) is 64.1 Å². The summed E-state index contributed by atoms with van der Waals surface area (Å²) in [5.41, 5.74) is -0.484. The maximum absolute atomic E-state index is 13.2. The van der Waals surface area contributed by atoms with E-state index in [0.29, 0.717) is 18.8 Å². The summed E-state index contributed by atoms with van der Waals surface area (Å²) in [5.74, 6) is -0.724. The summed E-state index contributed by atoms with van der Waals surface area (Å²) < 4.78 is 6.87. The van der Waals surface area contributed by atoms with Gasteiger partial charge >= 0.3 is 0 Å². The first-order chi connectivity index (χ1) is 15.9. The first-order valence-corrected chi connectivity index (χ1v) is 12.2. The minimum Gasteiger partial charge on any atom is -0.379 e. The van der Waals surface area contributed by atoms with Crippen molar-refractivity contribution in [2.75, 3.05) is 45.9 Å². The lowest BCUT2D eigenvalue weighted by Gasteiger charge is -2.43. The number of ether oxygens (including phenoxy) is 1. The third-order valence-corrected chi connectivity index (χ3v) is 7.07. The molecule has 1 atom stereocenters. The van der Waals surface area contributed by atoms with Crippen LogP contribution in [0.5, 0.6) is 0 Å². The zero-order chi connectivity index (χ0) is 23.4. The van der Waals surface area contributed by atoms with Crippen molar-refractivity contribution < 1.29 is 19.1 Å². The number of carbonyl (C=O) groups is 3. The van der Waals surface area contributed by atoms with E-state index in [1.54, 1.807) is 11.8 Å². The Labute approximate surface area is 195 Å². The molecule has 3 heterocycles. The van der Waals surface area contributed by atoms with Crippen molar-refractivity contribution in [1.82, 2.24) is 30.2 Å². The maximum Gasteiger partial charge on any atom is 0.273 e. The van der Waals surface area contributed by atoms with Crippen molar-refractivity contribution in [3.05, 3.63) is 17.5 Å². The van der Waals surface area contributed by atoms with Gasteiger partial charge in [-0.2, -0.15) is 5.10 Å². The molecule has 0 unspecified atom stereocenters. The highest BCUT2D eigenvalue weighted by Gasteiger charge is 2.48. The van der Waals surface area contributed by atoms with Gasteiger partial charge < -0.3 is 20.3 Å². The van der Waals surface area contributed by atoms with E-state index in [9.17, 15) is 14.4 Å². The monoisotopic (exact) mass is 460 g/mol. The molecule has 0 radical (unpaired) electrons. The Kier molecular flexibility index (Phi) is 7.33. The minimum atomic E-state index is -1.04. The van der Waals surface area contributed by atoms with Gasteiger partial charge in [-0.3, -0.25) is 24.0 Å². The van der Waals surface area contributed by atoms with E-state index in [2.05, 4.69) is 20.6 Å². The number of nitrogens with one attached hydrogen (secondary N) is 2. The van der Waals surface area contributed by atoms with Gasteiger partial charge in [0.05, 0.1) is 19.8 Å². The molecule has 2 fully saturated rings. The Morgan fingerprint density at radius 3 is 2.67 bits per heavy atom. The number of hydrogen-bond acceptors (Lipinski definition) is 6. The highest BCUT2D eigenvalue weighted by atomic mass is 16.5. The number of hydrogen-bond donors (Lipinski definition) is 2. The molecule has 1 saturated heterocycles. The molecule has 10 heteroatoms. The first-order valence-electron chi connectivity index (χ1n) is 12.2. The fourth-order valence-corrected chi connectivity index (χ4v) is 5.08. The van der Waals surface area contributed by atoms with E-state index in [1.165, 1.54) is 10.7 Å². The normalized spacial score (nSPS) is 24.1. The van der Waals surface area contributed by atoms with Crippen LogP contribution in [-0.2, 0) is 16.1 Å². The highest BCUT2D eigenvalue weighted by Crippen LogP contribution is 2.28. The van der Waals surface area contributed by atoms with Gasteiger partial charge in [-0.1, -0.05) is 12.8 Å². The maximum atomic E-state index is 13.2. The van der Waals surface area contributed by atoms with Crippen molar-refractivity contribution in [3.8, 4) is 0 Å². The Bertz CT molecular complexity index is 874. The van der Waals surface area contributed by atoms with E-state index in [1.807, 2.05) is 6.92 Å². The van der Waals surface area contributed by atoms with E-state index in [0.717, 1.165) is 65.0 Å². The van der Waals surface area contributed by atoms with Gasteiger partial charge in [0.2, 0.25) is 5.91 Å². The highest BCUT2D eigenvalue weighted by molar-refractivity contribution is 6.01. The van der Waals surface area contributed by atoms with E-state index in [4.69, 9.17) is 4.74 Å². The van der Waals surface area contributed by atoms with Gasteiger partial charge in [0, 0.05) is 38.3 Å². The van der Waals surface area contributed by atoms with Crippen molar-refractivity contribution >= 4 is 17.7 Å². The van der Waals surface area contributed by atoms with Crippen LogP contribution in [0.3, 0.4) is 0 Å². The molecule has 3 aliphatic rings. The summed E-state index contributed by atoms with van der Waals surface area (Å²) in [4.78, 5) is 43.0. The van der Waals surface area contributed by atoms with Crippen LogP contribution < -0.4 is 10.6 Å². The quantitative estimate of drug-likeness (QED) is 0.551. The van der Waals surface area contributed by atoms with Gasteiger partial charge in [-0.05, 0) is 39.7 Å². The molecule has 1 aromatic heterocycles. The second-order valence-corrected chi connectivity index (χ2v) is 9.41. The Morgan fingerprint density at radius 1 is 1.24 bits per heavy atom. The van der Waals surface area contributed by atoms with Crippen LogP contribution >= 0.6 is 0 Å². The summed E-state index contributed by atoms with van der Waals surface area (Å²) in [6, 6.07) is 1.71. The number of likely N-dealkylation sites (N-methyl/N-ethyl adjacent to an activating group) is 1. The lowest BCUT2D eigenvalue weighted by molar-refractivity contribution is -0.133. The zero-order valence-corrected chi connectivity index (χ0v) is 19.8. The molecule has 2 aliphatic heterocycles. The average Bonchev–Trinajstić information content (AvgIpc) is 3.47. The van der Waals surface area contributed by atoms with Crippen LogP contribution in [0.1, 0.15) is 66.9 Å². The zero-order valence-electron chi connectivity index (χ0n) is 19.8. The standard InChI is InChI=1S/C23H36N6O4/c1-3-28-21(31)19-15-18(20(30)24-9-6-10-27-11-13-33-14-12-27)26-29(19)16-23(28,2)22(32)25-17-7-4-5-8-17/h15,17H,3-14,16H2,1-2H3,(H,24,30)(H,25,32)/t23-/m0/s1. The number of nitrogens with zero attached hydrogens (tertiary/aromatic N) is 4. The lowest BCUT2D eigenvalue weighted by atomic mass is 9.94. The number of fused-ring (bicyclic) bond motifs is 1. The smallest absolute Gasteiger partial charge is 0.273 e. The summed E-state index contributed by atoms with van der Waals surface area (Å²) in [7, 11) is 0. The predicted molar refractivity (Wildman–Crippen MR) is 122 cm³/mol. The fraction of sp³-hybridized carbons (Fsp3) is 0.739. The number of morpholine rings is 1. The predicted octanol–water partition coefficient (Wildman–Crippen LogP) is 0.628. The Morgan fingerprint density at radius 2 is 1.97 bits per heavy atom. The average molecular weight is 461 g/mol. The van der Waals surface area contributed by atoms with E-state index >= 15 is 0 Å². The van der Waals surface area contributed by atoms with Gasteiger partial charge in [-0.15, -0.1) is 0 Å². The molecule has 0 spiro atoms. The molecule has 182 valence electrons. The van der Waals surface area contributed by atoms with Gasteiger partial charge in [0.1, 0.15) is 11.2 Å². The Hall–Kier alpha value is -2.46. The molecule has 2 N–H and O–H groups in total. The second kappa shape index (κ2) is 10.2. The fourth-order valence-electron chi connectivity index (χ4n) is 5.08. The SMILES string of the molecule is CCN1C(=O)c2cc(C(=O)NCCCN3CCOCC3)nn2C[C@@]1(C)C(=O)NC1CCCC1. The van der Waals surface area contributed by atoms with Crippen LogP contribution in [0.25, 0.3) is 0 Å². The molecule has 1 saturated carbocycles. The Balaban J connectivity index is 1.39. The molecule has 0 bridgehead atoms. The van der Waals surface area contributed by atoms with Crippen LogP contribution in [-0.4, -0.2) is 94.8 Å². The van der Waals surface area contributed by atoms with Crippen molar-refractivity contribution in [2.24, 2.45) is 0 Å². The number of carbonyl (C=O) groups excluding carboxylic acids is 3. The van der Waals surface area contributed by atoms with Gasteiger partial charge in [0.25, 0.3) is 11.8 Å². The number of aromatic nitrogens is 2. The molecule has 3 amide bonds. The number of rotatable bonds is 8. The van der Waals surface area contributed by atoms with Gasteiger partial charge in [0.15, 0.2) is 5.69 Å². The van der Waals surface area contributed by atoms with Crippen LogP contribution in [0.2, 0.25) is 0 Å². The van der Waals surface area contributed by atoms with Crippen molar-refractivity contribution in [1.29, 1.82) is 0 Å². The molecule has 10 nitrogen and oxygen atoms in total. The van der Waals surface area contributed by atoms with E-state index < -0.39 is 5.54 Å². The van der Waals surface area contributed by atoms with Crippen molar-refractivity contribution in [3.63, 3.8) is 0 Å². The third kappa shape index (κ3) is 5.06. The van der Waals surface area contributed by atoms with Crippen LogP contribution in [0.15, 0.2) is 6.07 Å². The molecule has 4 rings (SSSR count). The minimum absolute atomic E-state index is 0.153. The molecule has 33 heavy (non-hydrogen) atoms. The molecular weight excluding hydrogens is 424 g/mol. The van der Waals surface area contributed by atoms with E-state index in [-0.39, 0.29) is 36.0 Å². The summed E-state index contributed by atoms with van der Waals surface area (Å²) in [6.07, 6.45) is 5.02. The largest absolute Gasteiger partial charge is 0.379 e. The van der Waals surface area contributed by atoms with Crippen LogP contribution in [0, 0.1) is 0 Å². The molecule has 1 aliphatic carbocycles. The molecular formula is C23H36N6O4. The second-order valence-electron chi connectivity index (χ2n) is 9.41. The summed E-state index contributed by atoms with van der Waals surface area (Å²) >= 11 is 0. The first kappa shape index (κ1) is 23.7.